The number of benzene rings is 2. The molecule has 0 saturated carbocycles. The molecule has 8 heteroatoms. The van der Waals surface area contributed by atoms with Crippen LogP contribution in [0, 0.1) is 31.6 Å². The third kappa shape index (κ3) is 4.55. The zero-order valence-electron chi connectivity index (χ0n) is 19.1. The van der Waals surface area contributed by atoms with Crippen molar-refractivity contribution < 1.29 is 23.9 Å². The van der Waals surface area contributed by atoms with Gasteiger partial charge >= 0.3 is 5.97 Å². The summed E-state index contributed by atoms with van der Waals surface area (Å²) in [7, 11) is 0. The number of carbonyl (C=O) groups is 4. The van der Waals surface area contributed by atoms with Gasteiger partial charge in [-0.1, -0.05) is 35.0 Å². The molecule has 1 saturated heterocycles. The first-order valence-corrected chi connectivity index (χ1v) is 11.8. The Hall–Kier alpha value is -3.26. The molecule has 4 rings (SSSR count). The molecule has 2 aromatic carbocycles. The molecule has 1 aliphatic heterocycles. The van der Waals surface area contributed by atoms with Crippen LogP contribution < -0.4 is 10.2 Å². The zero-order valence-corrected chi connectivity index (χ0v) is 20.7. The van der Waals surface area contributed by atoms with E-state index in [0.29, 0.717) is 17.8 Å². The molecule has 34 heavy (non-hydrogen) atoms. The highest BCUT2D eigenvalue weighted by molar-refractivity contribution is 9.10. The van der Waals surface area contributed by atoms with Gasteiger partial charge in [0.2, 0.25) is 11.8 Å². The van der Waals surface area contributed by atoms with Crippen LogP contribution in [0.2, 0.25) is 0 Å². The summed E-state index contributed by atoms with van der Waals surface area (Å²) in [6.07, 6.45) is 4.49. The van der Waals surface area contributed by atoms with Gasteiger partial charge in [0.15, 0.2) is 6.61 Å². The molecular weight excluding hydrogens is 500 g/mol. The predicted octanol–water partition coefficient (Wildman–Crippen LogP) is 4.56. The van der Waals surface area contributed by atoms with Crippen molar-refractivity contribution in [3.05, 3.63) is 69.7 Å². The van der Waals surface area contributed by atoms with E-state index in [1.165, 1.54) is 17.0 Å². The number of halogens is 1. The summed E-state index contributed by atoms with van der Waals surface area (Å²) < 4.78 is 6.08. The molecule has 2 aliphatic rings. The minimum Gasteiger partial charge on any atom is -0.452 e. The molecule has 1 heterocycles. The van der Waals surface area contributed by atoms with Crippen LogP contribution in [0.4, 0.5) is 11.4 Å². The van der Waals surface area contributed by atoms with E-state index in [1.807, 2.05) is 45.1 Å². The van der Waals surface area contributed by atoms with Gasteiger partial charge in [-0.05, 0) is 73.7 Å². The van der Waals surface area contributed by atoms with Crippen molar-refractivity contribution >= 4 is 51.0 Å². The van der Waals surface area contributed by atoms with Gasteiger partial charge in [-0.2, -0.15) is 0 Å². The number of aryl methyl sites for hydroxylation is 2. The van der Waals surface area contributed by atoms with Gasteiger partial charge in [0.1, 0.15) is 0 Å². The number of ether oxygens (including phenoxy) is 1. The van der Waals surface area contributed by atoms with Gasteiger partial charge < -0.3 is 10.1 Å². The van der Waals surface area contributed by atoms with Crippen molar-refractivity contribution in [2.45, 2.75) is 27.2 Å². The summed E-state index contributed by atoms with van der Waals surface area (Å²) >= 11 is 3.45. The van der Waals surface area contributed by atoms with E-state index in [4.69, 9.17) is 4.74 Å². The highest BCUT2D eigenvalue weighted by atomic mass is 79.9. The Morgan fingerprint density at radius 1 is 1.09 bits per heavy atom. The molecule has 7 nitrogen and oxygen atoms in total. The van der Waals surface area contributed by atoms with E-state index >= 15 is 0 Å². The topological polar surface area (TPSA) is 92.8 Å². The van der Waals surface area contributed by atoms with E-state index in [9.17, 15) is 19.2 Å². The number of rotatable bonds is 5. The van der Waals surface area contributed by atoms with Gasteiger partial charge in [-0.25, -0.2) is 4.79 Å². The van der Waals surface area contributed by atoms with Crippen LogP contribution in [-0.2, 0) is 19.1 Å². The summed E-state index contributed by atoms with van der Waals surface area (Å²) in [5.74, 6) is -2.23. The standard InChI is InChI=1S/C26H25BrN2O5/c1-14-5-4-6-19-23(14)25(32)29(24(19)31)18-9-7-17(8-10-18)26(33)34-13-22(30)28-21-12-15(2)20(27)11-16(21)3/h4-5,7-12,14,19,23H,6,13H2,1-3H3,(H,28,30)/t14-,19-,23-/m1/s1. The zero-order chi connectivity index (χ0) is 24.6. The molecule has 1 N–H and O–H groups in total. The number of amides is 3. The summed E-state index contributed by atoms with van der Waals surface area (Å²) in [4.78, 5) is 51.6. The quantitative estimate of drug-likeness (QED) is 0.351. The third-order valence-electron chi connectivity index (χ3n) is 6.35. The molecule has 176 valence electrons. The van der Waals surface area contributed by atoms with Crippen molar-refractivity contribution in [2.75, 3.05) is 16.8 Å². The maximum atomic E-state index is 12.9. The maximum Gasteiger partial charge on any atom is 0.338 e. The highest BCUT2D eigenvalue weighted by Crippen LogP contribution is 2.40. The maximum absolute atomic E-state index is 12.9. The second kappa shape index (κ2) is 9.54. The first-order chi connectivity index (χ1) is 16.2. The monoisotopic (exact) mass is 524 g/mol. The van der Waals surface area contributed by atoms with Crippen molar-refractivity contribution in [1.29, 1.82) is 0 Å². The summed E-state index contributed by atoms with van der Waals surface area (Å²) in [5, 5.41) is 2.75. The van der Waals surface area contributed by atoms with Crippen molar-refractivity contribution in [1.82, 2.24) is 0 Å². The normalized spacial score (nSPS) is 21.4. The second-order valence-corrected chi connectivity index (χ2v) is 9.61. The van der Waals surface area contributed by atoms with Crippen LogP contribution in [0.3, 0.4) is 0 Å². The van der Waals surface area contributed by atoms with Crippen LogP contribution in [0.1, 0.15) is 34.8 Å². The second-order valence-electron chi connectivity index (χ2n) is 8.75. The van der Waals surface area contributed by atoms with Crippen LogP contribution in [0.15, 0.2) is 53.0 Å². The number of allylic oxidation sites excluding steroid dienone is 2. The molecule has 0 spiro atoms. The third-order valence-corrected chi connectivity index (χ3v) is 7.20. The Morgan fingerprint density at radius 2 is 1.79 bits per heavy atom. The molecule has 0 aromatic heterocycles. The Labute approximate surface area is 206 Å². The Balaban J connectivity index is 1.37. The fraction of sp³-hybridized carbons (Fsp3) is 0.308. The number of hydrogen-bond donors (Lipinski definition) is 1. The average Bonchev–Trinajstić information content (AvgIpc) is 3.07. The first kappa shape index (κ1) is 23.9. The van der Waals surface area contributed by atoms with E-state index in [-0.39, 0.29) is 35.1 Å². The number of nitrogens with one attached hydrogen (secondary N) is 1. The van der Waals surface area contributed by atoms with Gasteiger partial charge in [-0.3, -0.25) is 19.3 Å². The number of anilines is 2. The molecule has 0 radical (unpaired) electrons. The van der Waals surface area contributed by atoms with Gasteiger partial charge in [0.05, 0.1) is 23.1 Å². The van der Waals surface area contributed by atoms with Crippen LogP contribution >= 0.6 is 15.9 Å². The minimum atomic E-state index is -0.670. The fourth-order valence-corrected chi connectivity index (χ4v) is 4.92. The number of hydrogen-bond acceptors (Lipinski definition) is 5. The lowest BCUT2D eigenvalue weighted by Gasteiger charge is -2.22. The number of fused-ring (bicyclic) bond motifs is 1. The van der Waals surface area contributed by atoms with E-state index in [2.05, 4.69) is 21.2 Å². The lowest BCUT2D eigenvalue weighted by molar-refractivity contribution is -0.123. The van der Waals surface area contributed by atoms with Gasteiger partial charge in [-0.15, -0.1) is 0 Å². The SMILES string of the molecule is Cc1cc(NC(=O)COC(=O)c2ccc(N3C(=O)[C@@H]4[C@H](C)C=CC[C@H]4C3=O)cc2)c(C)cc1Br. The Kier molecular flexibility index (Phi) is 6.70. The summed E-state index contributed by atoms with van der Waals surface area (Å²) in [6, 6.07) is 9.82. The van der Waals surface area contributed by atoms with Crippen molar-refractivity contribution in [2.24, 2.45) is 17.8 Å². The number of imide groups is 1. The van der Waals surface area contributed by atoms with Gasteiger partial charge in [0, 0.05) is 10.2 Å². The van der Waals surface area contributed by atoms with Crippen molar-refractivity contribution in [3.8, 4) is 0 Å². The molecule has 1 fully saturated rings. The molecule has 3 atom stereocenters. The van der Waals surface area contributed by atoms with Crippen LogP contribution in [-0.4, -0.2) is 30.3 Å². The molecule has 3 amide bonds. The largest absolute Gasteiger partial charge is 0.452 e. The Bertz CT molecular complexity index is 1200. The highest BCUT2D eigenvalue weighted by Gasteiger charge is 2.50. The smallest absolute Gasteiger partial charge is 0.338 e. The Morgan fingerprint density at radius 3 is 2.47 bits per heavy atom. The van der Waals surface area contributed by atoms with Gasteiger partial charge in [0.25, 0.3) is 5.91 Å². The summed E-state index contributed by atoms with van der Waals surface area (Å²) in [5.41, 5.74) is 3.14. The molecule has 1 aliphatic carbocycles. The average molecular weight is 525 g/mol. The minimum absolute atomic E-state index is 0.00529. The van der Waals surface area contributed by atoms with E-state index in [1.54, 1.807) is 12.1 Å². The fourth-order valence-electron chi connectivity index (χ4n) is 4.46. The number of esters is 1. The van der Waals surface area contributed by atoms with E-state index < -0.39 is 18.5 Å². The summed E-state index contributed by atoms with van der Waals surface area (Å²) in [6.45, 7) is 5.29. The molecule has 2 aromatic rings. The predicted molar refractivity (Wildman–Crippen MR) is 131 cm³/mol. The molecular formula is C26H25BrN2O5. The number of carbonyl (C=O) groups excluding carboxylic acids is 4. The van der Waals surface area contributed by atoms with Crippen molar-refractivity contribution in [3.63, 3.8) is 0 Å². The lowest BCUT2D eigenvalue weighted by atomic mass is 9.78. The molecule has 0 unspecified atom stereocenters. The first-order valence-electron chi connectivity index (χ1n) is 11.1. The lowest BCUT2D eigenvalue weighted by Crippen LogP contribution is -2.31. The van der Waals surface area contributed by atoms with Crippen LogP contribution in [0.5, 0.6) is 0 Å². The molecule has 0 bridgehead atoms. The van der Waals surface area contributed by atoms with E-state index in [0.717, 1.165) is 15.6 Å². The van der Waals surface area contributed by atoms with Crippen LogP contribution in [0.25, 0.3) is 0 Å². The number of nitrogens with zero attached hydrogens (tertiary/aromatic N) is 1.